The summed E-state index contributed by atoms with van der Waals surface area (Å²) in [6, 6.07) is 14.2. The lowest BCUT2D eigenvalue weighted by atomic mass is 10.2. The quantitative estimate of drug-likeness (QED) is 0.609. The van der Waals surface area contributed by atoms with Crippen LogP contribution in [-0.4, -0.2) is 16.8 Å². The molecule has 1 aliphatic heterocycles. The normalized spacial score (nSPS) is 12.0. The van der Waals surface area contributed by atoms with Gasteiger partial charge in [-0.3, -0.25) is 0 Å². The largest absolute Gasteiger partial charge is 0.508 e. The molecular formula is C14H15NO2. The van der Waals surface area contributed by atoms with E-state index in [4.69, 9.17) is 10.2 Å². The molecule has 3 heteroatoms. The molecule has 2 aromatic carbocycles. The zero-order valence-electron chi connectivity index (χ0n) is 9.43. The van der Waals surface area contributed by atoms with Gasteiger partial charge in [0, 0.05) is 12.2 Å². The molecule has 0 atom stereocenters. The summed E-state index contributed by atoms with van der Waals surface area (Å²) in [6.45, 7) is 1.11. The van der Waals surface area contributed by atoms with Crippen molar-refractivity contribution in [3.63, 3.8) is 0 Å². The Balaban J connectivity index is 0.000000128. The van der Waals surface area contributed by atoms with E-state index in [2.05, 4.69) is 29.6 Å². The van der Waals surface area contributed by atoms with Crippen LogP contribution in [0.2, 0.25) is 0 Å². The predicted molar refractivity (Wildman–Crippen MR) is 68.4 cm³/mol. The van der Waals surface area contributed by atoms with E-state index >= 15 is 0 Å². The summed E-state index contributed by atoms with van der Waals surface area (Å²) >= 11 is 0. The Hall–Kier alpha value is -2.16. The van der Waals surface area contributed by atoms with E-state index in [1.54, 1.807) is 0 Å². The first-order chi connectivity index (χ1) is 8.25. The monoisotopic (exact) mass is 229 g/mol. The Morgan fingerprint density at radius 3 is 2.00 bits per heavy atom. The smallest absolute Gasteiger partial charge is 0.115 e. The Morgan fingerprint density at radius 2 is 1.41 bits per heavy atom. The standard InChI is InChI=1S/C8H9N.C6H6O2/c1-2-4-8-7(3-1)5-6-9-8;7-5-1-2-6(8)4-3-5/h1-4,9H,5-6H2;1-4,7-8H. The van der Waals surface area contributed by atoms with Crippen LogP contribution in [0.1, 0.15) is 5.56 Å². The SMILES string of the molecule is Oc1ccc(O)cc1.c1ccc2c(c1)CCN2. The van der Waals surface area contributed by atoms with E-state index in [1.165, 1.54) is 41.9 Å². The molecule has 0 bridgehead atoms. The van der Waals surface area contributed by atoms with Crippen molar-refractivity contribution < 1.29 is 10.2 Å². The number of nitrogens with one attached hydrogen (secondary N) is 1. The summed E-state index contributed by atoms with van der Waals surface area (Å²) in [5.41, 5.74) is 2.77. The van der Waals surface area contributed by atoms with Gasteiger partial charge in [-0.1, -0.05) is 18.2 Å². The van der Waals surface area contributed by atoms with Gasteiger partial charge in [0.25, 0.3) is 0 Å². The summed E-state index contributed by atoms with van der Waals surface area (Å²) in [6.07, 6.45) is 1.19. The fraction of sp³-hybridized carbons (Fsp3) is 0.143. The van der Waals surface area contributed by atoms with Gasteiger partial charge >= 0.3 is 0 Å². The molecule has 0 radical (unpaired) electrons. The molecule has 2 aromatic rings. The first-order valence-corrected chi connectivity index (χ1v) is 5.55. The van der Waals surface area contributed by atoms with Crippen LogP contribution >= 0.6 is 0 Å². The average Bonchev–Trinajstić information content (AvgIpc) is 2.82. The van der Waals surface area contributed by atoms with Crippen LogP contribution in [0.15, 0.2) is 48.5 Å². The lowest BCUT2D eigenvalue weighted by molar-refractivity contribution is 0.460. The zero-order chi connectivity index (χ0) is 12.1. The Bertz CT molecular complexity index is 436. The molecule has 0 saturated carbocycles. The van der Waals surface area contributed by atoms with Crippen molar-refractivity contribution in [2.75, 3.05) is 11.9 Å². The molecule has 0 saturated heterocycles. The van der Waals surface area contributed by atoms with Gasteiger partial charge < -0.3 is 15.5 Å². The van der Waals surface area contributed by atoms with Gasteiger partial charge in [0.15, 0.2) is 0 Å². The first-order valence-electron chi connectivity index (χ1n) is 5.55. The Morgan fingerprint density at radius 1 is 0.824 bits per heavy atom. The van der Waals surface area contributed by atoms with E-state index in [-0.39, 0.29) is 11.5 Å². The maximum atomic E-state index is 8.65. The molecule has 0 amide bonds. The highest BCUT2D eigenvalue weighted by molar-refractivity contribution is 5.54. The molecule has 0 spiro atoms. The summed E-state index contributed by atoms with van der Waals surface area (Å²) in [5, 5.41) is 20.6. The number of phenolic OH excluding ortho intramolecular Hbond substituents is 2. The number of rotatable bonds is 0. The van der Waals surface area contributed by atoms with Gasteiger partial charge in [0.05, 0.1) is 0 Å². The van der Waals surface area contributed by atoms with Crippen LogP contribution in [-0.2, 0) is 6.42 Å². The number of hydrogen-bond acceptors (Lipinski definition) is 3. The van der Waals surface area contributed by atoms with Gasteiger partial charge in [-0.15, -0.1) is 0 Å². The molecule has 17 heavy (non-hydrogen) atoms. The highest BCUT2D eigenvalue weighted by Crippen LogP contribution is 2.19. The second kappa shape index (κ2) is 5.25. The number of benzene rings is 2. The number of phenols is 2. The average molecular weight is 229 g/mol. The number of aromatic hydroxyl groups is 2. The Labute approximate surface area is 100 Å². The van der Waals surface area contributed by atoms with E-state index in [1.807, 2.05) is 0 Å². The molecule has 3 nitrogen and oxygen atoms in total. The molecule has 3 N–H and O–H groups in total. The molecule has 0 unspecified atom stereocenters. The third-order valence-electron chi connectivity index (χ3n) is 2.58. The number of para-hydroxylation sites is 1. The third kappa shape index (κ3) is 3.14. The van der Waals surface area contributed by atoms with Crippen molar-refractivity contribution in [1.29, 1.82) is 0 Å². The van der Waals surface area contributed by atoms with Crippen molar-refractivity contribution >= 4 is 5.69 Å². The van der Waals surface area contributed by atoms with Crippen LogP contribution in [0.4, 0.5) is 5.69 Å². The lowest BCUT2D eigenvalue weighted by Gasteiger charge is -1.94. The van der Waals surface area contributed by atoms with E-state index < -0.39 is 0 Å². The molecule has 1 aliphatic rings. The summed E-state index contributed by atoms with van der Waals surface area (Å²) in [5.74, 6) is 0.339. The van der Waals surface area contributed by atoms with Gasteiger partial charge in [-0.25, -0.2) is 0 Å². The number of anilines is 1. The van der Waals surface area contributed by atoms with E-state index in [0.717, 1.165) is 6.54 Å². The third-order valence-corrected chi connectivity index (χ3v) is 2.58. The minimum Gasteiger partial charge on any atom is -0.508 e. The molecule has 3 rings (SSSR count). The van der Waals surface area contributed by atoms with E-state index in [0.29, 0.717) is 0 Å². The van der Waals surface area contributed by atoms with Crippen molar-refractivity contribution in [3.05, 3.63) is 54.1 Å². The fourth-order valence-electron chi connectivity index (χ4n) is 1.70. The van der Waals surface area contributed by atoms with Gasteiger partial charge in [0.1, 0.15) is 11.5 Å². The first kappa shape index (κ1) is 11.3. The van der Waals surface area contributed by atoms with Crippen molar-refractivity contribution in [1.82, 2.24) is 0 Å². The summed E-state index contributed by atoms with van der Waals surface area (Å²) < 4.78 is 0. The van der Waals surface area contributed by atoms with Gasteiger partial charge in [-0.05, 0) is 42.3 Å². The minimum atomic E-state index is 0.169. The van der Waals surface area contributed by atoms with Crippen LogP contribution in [0.5, 0.6) is 11.5 Å². The molecule has 0 aromatic heterocycles. The maximum Gasteiger partial charge on any atom is 0.115 e. The van der Waals surface area contributed by atoms with Crippen LogP contribution in [0.3, 0.4) is 0 Å². The highest BCUT2D eigenvalue weighted by Gasteiger charge is 2.05. The molecule has 0 aliphatic carbocycles. The molecular weight excluding hydrogens is 214 g/mol. The second-order valence-electron chi connectivity index (χ2n) is 3.85. The van der Waals surface area contributed by atoms with Crippen LogP contribution in [0.25, 0.3) is 0 Å². The zero-order valence-corrected chi connectivity index (χ0v) is 9.43. The van der Waals surface area contributed by atoms with Gasteiger partial charge in [0.2, 0.25) is 0 Å². The number of hydrogen-bond donors (Lipinski definition) is 3. The van der Waals surface area contributed by atoms with Gasteiger partial charge in [-0.2, -0.15) is 0 Å². The van der Waals surface area contributed by atoms with Crippen molar-refractivity contribution in [3.8, 4) is 11.5 Å². The maximum absolute atomic E-state index is 8.65. The van der Waals surface area contributed by atoms with Crippen molar-refractivity contribution in [2.45, 2.75) is 6.42 Å². The molecule has 88 valence electrons. The predicted octanol–water partition coefficient (Wildman–Crippen LogP) is 2.75. The van der Waals surface area contributed by atoms with Crippen LogP contribution in [0, 0.1) is 0 Å². The lowest BCUT2D eigenvalue weighted by Crippen LogP contribution is -1.90. The number of fused-ring (bicyclic) bond motifs is 1. The molecule has 0 fully saturated rings. The fourth-order valence-corrected chi connectivity index (χ4v) is 1.70. The topological polar surface area (TPSA) is 52.5 Å². The summed E-state index contributed by atoms with van der Waals surface area (Å²) in [4.78, 5) is 0. The minimum absolute atomic E-state index is 0.169. The highest BCUT2D eigenvalue weighted by atomic mass is 16.3. The van der Waals surface area contributed by atoms with Crippen molar-refractivity contribution in [2.24, 2.45) is 0 Å². The molecule has 1 heterocycles. The van der Waals surface area contributed by atoms with E-state index in [9.17, 15) is 0 Å². The summed E-state index contributed by atoms with van der Waals surface area (Å²) in [7, 11) is 0. The van der Waals surface area contributed by atoms with Crippen LogP contribution < -0.4 is 5.32 Å². The Kier molecular flexibility index (Phi) is 3.50. The second-order valence-corrected chi connectivity index (χ2v) is 3.85.